The molecule has 2 unspecified atom stereocenters. The first-order valence-electron chi connectivity index (χ1n) is 7.14. The lowest BCUT2D eigenvalue weighted by atomic mass is 10.0. The number of aliphatic hydroxyl groups excluding tert-OH is 1. The van der Waals surface area contributed by atoms with Crippen LogP contribution in [0, 0.1) is 5.92 Å². The van der Waals surface area contributed by atoms with Gasteiger partial charge in [-0.05, 0) is 26.2 Å². The fourth-order valence-electron chi connectivity index (χ4n) is 1.50. The van der Waals surface area contributed by atoms with Crippen LogP contribution in [0.3, 0.4) is 0 Å². The number of aliphatic hydroxyl groups is 1. The minimum absolute atomic E-state index is 0.198. The molecule has 0 fully saturated rings. The van der Waals surface area contributed by atoms with Gasteiger partial charge in [0.05, 0.1) is 12.2 Å². The highest BCUT2D eigenvalue weighted by molar-refractivity contribution is 5.88. The molecule has 0 aliphatic rings. The summed E-state index contributed by atoms with van der Waals surface area (Å²) < 4.78 is 9.82. The Labute approximate surface area is 121 Å². The van der Waals surface area contributed by atoms with Crippen molar-refractivity contribution in [1.29, 1.82) is 0 Å². The SMILES string of the molecule is CCCCC(CC)COC(=O)C(C)=COC(=O)C(C)O. The van der Waals surface area contributed by atoms with Crippen molar-refractivity contribution < 1.29 is 24.2 Å². The Hall–Kier alpha value is -1.36. The van der Waals surface area contributed by atoms with E-state index in [1.807, 2.05) is 0 Å². The summed E-state index contributed by atoms with van der Waals surface area (Å²) in [6.45, 7) is 7.38. The van der Waals surface area contributed by atoms with Gasteiger partial charge in [0.15, 0.2) is 0 Å². The summed E-state index contributed by atoms with van der Waals surface area (Å²) in [5, 5.41) is 8.94. The van der Waals surface area contributed by atoms with Gasteiger partial charge in [0.25, 0.3) is 0 Å². The van der Waals surface area contributed by atoms with Crippen molar-refractivity contribution in [3.8, 4) is 0 Å². The van der Waals surface area contributed by atoms with Gasteiger partial charge in [-0.15, -0.1) is 0 Å². The Balaban J connectivity index is 4.18. The smallest absolute Gasteiger partial charge is 0.339 e. The number of hydrogen-bond donors (Lipinski definition) is 1. The molecule has 0 aromatic carbocycles. The monoisotopic (exact) mass is 286 g/mol. The van der Waals surface area contributed by atoms with E-state index < -0.39 is 18.0 Å². The average molecular weight is 286 g/mol. The fraction of sp³-hybridized carbons (Fsp3) is 0.733. The Bertz CT molecular complexity index is 333. The summed E-state index contributed by atoms with van der Waals surface area (Å²) in [7, 11) is 0. The predicted octanol–water partition coefficient (Wildman–Crippen LogP) is 2.57. The second-order valence-corrected chi connectivity index (χ2v) is 4.93. The van der Waals surface area contributed by atoms with Crippen molar-refractivity contribution in [3.05, 3.63) is 11.8 Å². The van der Waals surface area contributed by atoms with Gasteiger partial charge in [-0.25, -0.2) is 9.59 Å². The van der Waals surface area contributed by atoms with E-state index in [1.165, 1.54) is 13.8 Å². The second-order valence-electron chi connectivity index (χ2n) is 4.93. The molecule has 5 nitrogen and oxygen atoms in total. The van der Waals surface area contributed by atoms with Gasteiger partial charge in [-0.3, -0.25) is 0 Å². The molecule has 0 rings (SSSR count). The summed E-state index contributed by atoms with van der Waals surface area (Å²) in [5.74, 6) is -0.934. The normalized spacial score (nSPS) is 14.6. The fourth-order valence-corrected chi connectivity index (χ4v) is 1.50. The van der Waals surface area contributed by atoms with E-state index in [4.69, 9.17) is 9.84 Å². The summed E-state index contributed by atoms with van der Waals surface area (Å²) in [6.07, 6.45) is 4.06. The largest absolute Gasteiger partial charge is 0.462 e. The third kappa shape index (κ3) is 7.94. The number of esters is 2. The average Bonchev–Trinajstić information content (AvgIpc) is 2.43. The molecule has 0 aliphatic heterocycles. The van der Waals surface area contributed by atoms with Crippen molar-refractivity contribution in [2.45, 2.75) is 59.5 Å². The summed E-state index contributed by atoms with van der Waals surface area (Å²) in [5.41, 5.74) is 0.198. The van der Waals surface area contributed by atoms with Crippen molar-refractivity contribution in [2.75, 3.05) is 6.61 Å². The lowest BCUT2D eigenvalue weighted by molar-refractivity contribution is -0.147. The van der Waals surface area contributed by atoms with Crippen LogP contribution < -0.4 is 0 Å². The molecule has 116 valence electrons. The molecule has 0 aromatic rings. The van der Waals surface area contributed by atoms with Crippen LogP contribution >= 0.6 is 0 Å². The molecule has 5 heteroatoms. The molecule has 20 heavy (non-hydrogen) atoms. The zero-order valence-corrected chi connectivity index (χ0v) is 12.8. The lowest BCUT2D eigenvalue weighted by Gasteiger charge is -2.14. The van der Waals surface area contributed by atoms with Crippen LogP contribution in [-0.4, -0.2) is 29.8 Å². The number of carbonyl (C=O) groups is 2. The summed E-state index contributed by atoms with van der Waals surface area (Å²) in [6, 6.07) is 0. The van der Waals surface area contributed by atoms with Gasteiger partial charge in [0, 0.05) is 0 Å². The number of ether oxygens (including phenoxy) is 2. The lowest BCUT2D eigenvalue weighted by Crippen LogP contribution is -2.18. The summed E-state index contributed by atoms with van der Waals surface area (Å²) in [4.78, 5) is 22.7. The molecule has 0 saturated carbocycles. The van der Waals surface area contributed by atoms with Gasteiger partial charge in [0.2, 0.25) is 0 Å². The number of rotatable bonds is 9. The molecule has 2 atom stereocenters. The van der Waals surface area contributed by atoms with Crippen LogP contribution in [0.15, 0.2) is 11.8 Å². The van der Waals surface area contributed by atoms with Gasteiger partial charge >= 0.3 is 11.9 Å². The van der Waals surface area contributed by atoms with Crippen molar-refractivity contribution in [2.24, 2.45) is 5.92 Å². The van der Waals surface area contributed by atoms with Crippen molar-refractivity contribution >= 4 is 11.9 Å². The first-order valence-corrected chi connectivity index (χ1v) is 7.14. The van der Waals surface area contributed by atoms with Crippen LogP contribution in [-0.2, 0) is 19.1 Å². The Morgan fingerprint density at radius 3 is 2.45 bits per heavy atom. The molecule has 0 saturated heterocycles. The van der Waals surface area contributed by atoms with Gasteiger partial charge < -0.3 is 14.6 Å². The first-order chi connectivity index (χ1) is 9.42. The number of unbranched alkanes of at least 4 members (excludes halogenated alkanes) is 1. The van der Waals surface area contributed by atoms with E-state index in [1.54, 1.807) is 0 Å². The van der Waals surface area contributed by atoms with Gasteiger partial charge in [0.1, 0.15) is 12.4 Å². The molecule has 0 bridgehead atoms. The van der Waals surface area contributed by atoms with Crippen LogP contribution in [0.4, 0.5) is 0 Å². The maximum absolute atomic E-state index is 11.7. The Kier molecular flexibility index (Phi) is 9.72. The molecule has 1 N–H and O–H groups in total. The molecule has 0 aliphatic carbocycles. The van der Waals surface area contributed by atoms with E-state index in [0.717, 1.165) is 31.9 Å². The first kappa shape index (κ1) is 18.6. The third-order valence-corrected chi connectivity index (χ3v) is 3.01. The van der Waals surface area contributed by atoms with Crippen LogP contribution in [0.5, 0.6) is 0 Å². The van der Waals surface area contributed by atoms with Crippen LogP contribution in [0.25, 0.3) is 0 Å². The van der Waals surface area contributed by atoms with Crippen molar-refractivity contribution in [1.82, 2.24) is 0 Å². The highest BCUT2D eigenvalue weighted by atomic mass is 16.5. The van der Waals surface area contributed by atoms with E-state index in [0.29, 0.717) is 12.5 Å². The molecule has 0 spiro atoms. The molecular formula is C15H26O5. The molecule has 0 radical (unpaired) electrons. The summed E-state index contributed by atoms with van der Waals surface area (Å²) >= 11 is 0. The maximum Gasteiger partial charge on any atom is 0.339 e. The highest BCUT2D eigenvalue weighted by Gasteiger charge is 2.13. The minimum Gasteiger partial charge on any atom is -0.462 e. The van der Waals surface area contributed by atoms with Crippen LogP contribution in [0.2, 0.25) is 0 Å². The third-order valence-electron chi connectivity index (χ3n) is 3.01. The van der Waals surface area contributed by atoms with E-state index in [-0.39, 0.29) is 5.57 Å². The standard InChI is InChI=1S/C15H26O5/c1-5-7-8-13(6-2)10-20-14(17)11(3)9-19-15(18)12(4)16/h9,12-13,16H,5-8,10H2,1-4H3. The van der Waals surface area contributed by atoms with Gasteiger partial charge in [-0.2, -0.15) is 0 Å². The molecule has 0 aromatic heterocycles. The molecule has 0 amide bonds. The Morgan fingerprint density at radius 1 is 1.30 bits per heavy atom. The van der Waals surface area contributed by atoms with E-state index in [9.17, 15) is 9.59 Å². The second kappa shape index (κ2) is 10.4. The zero-order valence-electron chi connectivity index (χ0n) is 12.8. The van der Waals surface area contributed by atoms with E-state index >= 15 is 0 Å². The van der Waals surface area contributed by atoms with Crippen LogP contribution in [0.1, 0.15) is 53.4 Å². The quantitative estimate of drug-likeness (QED) is 0.400. The number of carbonyl (C=O) groups excluding carboxylic acids is 2. The zero-order chi connectivity index (χ0) is 15.5. The number of hydrogen-bond acceptors (Lipinski definition) is 5. The van der Waals surface area contributed by atoms with E-state index in [2.05, 4.69) is 18.6 Å². The highest BCUT2D eigenvalue weighted by Crippen LogP contribution is 2.13. The predicted molar refractivity (Wildman–Crippen MR) is 75.8 cm³/mol. The maximum atomic E-state index is 11.7. The molecular weight excluding hydrogens is 260 g/mol. The van der Waals surface area contributed by atoms with Crippen molar-refractivity contribution in [3.63, 3.8) is 0 Å². The topological polar surface area (TPSA) is 72.8 Å². The van der Waals surface area contributed by atoms with Gasteiger partial charge in [-0.1, -0.05) is 33.1 Å². The minimum atomic E-state index is -1.21. The Morgan fingerprint density at radius 2 is 1.95 bits per heavy atom. The molecule has 0 heterocycles.